The number of nitrogens with one attached hydrogen (secondary N) is 2. The van der Waals surface area contributed by atoms with Gasteiger partial charge in [0.15, 0.2) is 5.78 Å². The monoisotopic (exact) mass is 515 g/mol. The van der Waals surface area contributed by atoms with Crippen molar-refractivity contribution in [3.05, 3.63) is 53.2 Å². The molecule has 2 saturated heterocycles. The molecule has 2 aromatic rings. The summed E-state index contributed by atoms with van der Waals surface area (Å²) in [5.41, 5.74) is 7.56. The van der Waals surface area contributed by atoms with Gasteiger partial charge in [-0.3, -0.25) is 14.9 Å². The average Bonchev–Trinajstić information content (AvgIpc) is 3.10. The van der Waals surface area contributed by atoms with Crippen molar-refractivity contribution in [1.82, 2.24) is 10.3 Å². The van der Waals surface area contributed by atoms with Crippen molar-refractivity contribution < 1.29 is 23.1 Å². The van der Waals surface area contributed by atoms with Crippen LogP contribution >= 0.6 is 0 Å². The number of ketones is 1. The number of aromatic nitrogens is 1. The molecular weight excluding hydrogens is 480 g/mol. The Balaban J connectivity index is 1.26. The van der Waals surface area contributed by atoms with E-state index in [2.05, 4.69) is 20.5 Å². The van der Waals surface area contributed by atoms with E-state index in [1.54, 1.807) is 31.3 Å². The number of hydrogen-bond donors (Lipinski definition) is 3. The number of nitrogens with two attached hydrogens (primary N) is 1. The van der Waals surface area contributed by atoms with Gasteiger partial charge >= 0.3 is 0 Å². The van der Waals surface area contributed by atoms with Crippen LogP contribution in [-0.2, 0) is 11.3 Å². The Kier molecular flexibility index (Phi) is 8.39. The zero-order valence-corrected chi connectivity index (χ0v) is 21.3. The number of anilines is 2. The fourth-order valence-electron chi connectivity index (χ4n) is 5.27. The number of fused-ring (bicyclic) bond motifs is 2. The topological polar surface area (TPSA) is 110 Å². The van der Waals surface area contributed by atoms with Crippen LogP contribution in [0.3, 0.4) is 0 Å². The molecule has 1 aromatic heterocycles. The zero-order chi connectivity index (χ0) is 26.6. The molecule has 1 aromatic carbocycles. The number of benzene rings is 1. The van der Waals surface area contributed by atoms with E-state index in [9.17, 15) is 18.4 Å². The second-order valence-electron chi connectivity index (χ2n) is 10.1. The number of primary amides is 1. The van der Waals surface area contributed by atoms with Crippen molar-refractivity contribution in [3.63, 3.8) is 0 Å². The van der Waals surface area contributed by atoms with Crippen LogP contribution in [0.5, 0.6) is 0 Å². The highest BCUT2D eigenvalue weighted by Gasteiger charge is 2.41. The van der Waals surface area contributed by atoms with Gasteiger partial charge in [0.25, 0.3) is 5.91 Å². The van der Waals surface area contributed by atoms with Gasteiger partial charge in [-0.25, -0.2) is 13.8 Å². The summed E-state index contributed by atoms with van der Waals surface area (Å²) in [5.74, 6) is -2.47. The van der Waals surface area contributed by atoms with E-state index in [0.717, 1.165) is 44.0 Å². The molecule has 8 nitrogen and oxygen atoms in total. The maximum Gasteiger partial charge on any atom is 0.250 e. The molecule has 2 aliphatic rings. The number of hydrogen-bond acceptors (Lipinski definition) is 7. The number of halogens is 2. The van der Waals surface area contributed by atoms with Crippen molar-refractivity contribution in [2.45, 2.75) is 76.6 Å². The third-order valence-corrected chi connectivity index (χ3v) is 7.12. The maximum atomic E-state index is 13.1. The fourth-order valence-corrected chi connectivity index (χ4v) is 5.27. The summed E-state index contributed by atoms with van der Waals surface area (Å²) >= 11 is 0. The Morgan fingerprint density at radius 2 is 1.92 bits per heavy atom. The lowest BCUT2D eigenvalue weighted by molar-refractivity contribution is 0.0167. The van der Waals surface area contributed by atoms with Crippen LogP contribution in [0.4, 0.5) is 20.3 Å². The van der Waals surface area contributed by atoms with Gasteiger partial charge in [-0.15, -0.1) is 0 Å². The molecule has 2 aliphatic heterocycles. The molecule has 2 bridgehead atoms. The van der Waals surface area contributed by atoms with Crippen LogP contribution < -0.4 is 21.3 Å². The molecule has 0 spiro atoms. The molecule has 2 unspecified atom stereocenters. The van der Waals surface area contributed by atoms with Crippen molar-refractivity contribution in [2.75, 3.05) is 23.5 Å². The van der Waals surface area contributed by atoms with Crippen molar-refractivity contribution in [3.8, 4) is 0 Å². The van der Waals surface area contributed by atoms with Crippen LogP contribution in [0.2, 0.25) is 0 Å². The molecular formula is C27H35F2N5O3. The standard InChI is InChI=1S/C27H35F2N5O3/c1-17(35)19-4-8-25(32-14-19)34-21-5-6-22(34)13-20(12-21)33-16-37-15-18-3-7-23(26(30)36)24(11-18)31-10-9-27(2,28)29/h3-4,7-8,11,14,20-22,31,33H,5-6,9-10,12-13,15-16H2,1-2H3,(H2,30,36). The quantitative estimate of drug-likeness (QED) is 0.222. The van der Waals surface area contributed by atoms with E-state index in [1.807, 2.05) is 12.1 Å². The minimum Gasteiger partial charge on any atom is -0.384 e. The molecule has 4 rings (SSSR count). The Morgan fingerprint density at radius 3 is 2.51 bits per heavy atom. The van der Waals surface area contributed by atoms with Gasteiger partial charge in [0.2, 0.25) is 5.92 Å². The minimum atomic E-state index is -2.79. The number of alkyl halides is 2. The molecule has 4 N–H and O–H groups in total. The molecule has 10 heteroatoms. The molecule has 0 saturated carbocycles. The van der Waals surface area contributed by atoms with Gasteiger partial charge in [0, 0.05) is 48.5 Å². The summed E-state index contributed by atoms with van der Waals surface area (Å²) in [6, 6.07) is 9.98. The number of ether oxygens (including phenoxy) is 1. The van der Waals surface area contributed by atoms with E-state index in [0.29, 0.717) is 42.7 Å². The highest BCUT2D eigenvalue weighted by atomic mass is 19.3. The second kappa shape index (κ2) is 11.5. The minimum absolute atomic E-state index is 0.0161. The first-order valence-electron chi connectivity index (χ1n) is 12.7. The van der Waals surface area contributed by atoms with E-state index >= 15 is 0 Å². The largest absolute Gasteiger partial charge is 0.384 e. The molecule has 3 heterocycles. The maximum absolute atomic E-state index is 13.1. The number of piperidine rings is 1. The van der Waals surface area contributed by atoms with E-state index in [-0.39, 0.29) is 24.3 Å². The number of nitrogens with zero attached hydrogens (tertiary/aromatic N) is 2. The summed E-state index contributed by atoms with van der Waals surface area (Å²) in [4.78, 5) is 30.2. The molecule has 0 aliphatic carbocycles. The van der Waals surface area contributed by atoms with Crippen LogP contribution in [0.1, 0.15) is 72.2 Å². The summed E-state index contributed by atoms with van der Waals surface area (Å²) < 4.78 is 32.1. The number of rotatable bonds is 12. The molecule has 2 atom stereocenters. The summed E-state index contributed by atoms with van der Waals surface area (Å²) in [6.45, 7) is 3.11. The lowest BCUT2D eigenvalue weighted by Crippen LogP contribution is -2.49. The third-order valence-electron chi connectivity index (χ3n) is 7.12. The molecule has 2 fully saturated rings. The van der Waals surface area contributed by atoms with E-state index < -0.39 is 11.8 Å². The molecule has 1 amide bonds. The van der Waals surface area contributed by atoms with Gasteiger partial charge < -0.3 is 20.7 Å². The Hall–Kier alpha value is -3.11. The van der Waals surface area contributed by atoms with Crippen molar-refractivity contribution in [2.24, 2.45) is 5.73 Å². The molecule has 37 heavy (non-hydrogen) atoms. The lowest BCUT2D eigenvalue weighted by atomic mass is 9.97. The van der Waals surface area contributed by atoms with E-state index in [4.69, 9.17) is 10.5 Å². The second-order valence-corrected chi connectivity index (χ2v) is 10.1. The van der Waals surface area contributed by atoms with Crippen LogP contribution in [0.25, 0.3) is 0 Å². The predicted octanol–water partition coefficient (Wildman–Crippen LogP) is 4.10. The number of carbonyl (C=O) groups is 2. The number of carbonyl (C=O) groups excluding carboxylic acids is 2. The van der Waals surface area contributed by atoms with Crippen molar-refractivity contribution in [1.29, 1.82) is 0 Å². The van der Waals surface area contributed by atoms with Crippen molar-refractivity contribution >= 4 is 23.2 Å². The SMILES string of the molecule is CC(=O)c1ccc(N2C3CCC2CC(NCOCc2ccc(C(N)=O)c(NCCC(C)(F)F)c2)C3)nc1. The summed E-state index contributed by atoms with van der Waals surface area (Å²) in [7, 11) is 0. The number of Topliss-reactive ketones (excluding diaryl/α,β-unsaturated/α-hetero) is 1. The van der Waals surface area contributed by atoms with Gasteiger partial charge in [0.1, 0.15) is 5.82 Å². The summed E-state index contributed by atoms with van der Waals surface area (Å²) in [5, 5.41) is 6.39. The third kappa shape index (κ3) is 7.01. The average molecular weight is 516 g/mol. The number of amides is 1. The van der Waals surface area contributed by atoms with Crippen LogP contribution in [-0.4, -0.2) is 54.0 Å². The Bertz CT molecular complexity index is 1090. The normalized spacial score (nSPS) is 21.2. The van der Waals surface area contributed by atoms with Gasteiger partial charge in [-0.05, 0) is 69.4 Å². The van der Waals surface area contributed by atoms with Gasteiger partial charge in [0.05, 0.1) is 18.9 Å². The highest BCUT2D eigenvalue weighted by molar-refractivity contribution is 5.98. The molecule has 200 valence electrons. The number of pyridine rings is 1. The Morgan fingerprint density at radius 1 is 1.19 bits per heavy atom. The fraction of sp³-hybridized carbons (Fsp3) is 0.519. The van der Waals surface area contributed by atoms with Crippen LogP contribution in [0.15, 0.2) is 36.5 Å². The van der Waals surface area contributed by atoms with E-state index in [1.165, 1.54) is 0 Å². The summed E-state index contributed by atoms with van der Waals surface area (Å²) in [6.07, 6.45) is 5.51. The smallest absolute Gasteiger partial charge is 0.250 e. The van der Waals surface area contributed by atoms with Gasteiger partial charge in [-0.1, -0.05) is 6.07 Å². The first-order chi connectivity index (χ1) is 17.6. The predicted molar refractivity (Wildman–Crippen MR) is 138 cm³/mol. The first-order valence-corrected chi connectivity index (χ1v) is 12.7. The molecule has 0 radical (unpaired) electrons. The zero-order valence-electron chi connectivity index (χ0n) is 21.3. The lowest BCUT2D eigenvalue weighted by Gasteiger charge is -2.40. The first kappa shape index (κ1) is 26.9. The van der Waals surface area contributed by atoms with Gasteiger partial charge in [-0.2, -0.15) is 0 Å². The Labute approximate surface area is 216 Å². The van der Waals surface area contributed by atoms with Crippen LogP contribution in [0, 0.1) is 0 Å². The highest BCUT2D eigenvalue weighted by Crippen LogP contribution is 2.38.